The van der Waals surface area contributed by atoms with Gasteiger partial charge in [0.1, 0.15) is 12.4 Å². The highest BCUT2D eigenvalue weighted by Gasteiger charge is 2.24. The first-order chi connectivity index (χ1) is 10.3. The summed E-state index contributed by atoms with van der Waals surface area (Å²) in [5.41, 5.74) is 2.46. The van der Waals surface area contributed by atoms with Crippen molar-refractivity contribution in [3.05, 3.63) is 45.1 Å². The first-order valence-corrected chi connectivity index (χ1v) is 8.22. The molecule has 1 unspecified atom stereocenters. The molecule has 0 saturated heterocycles. The minimum absolute atomic E-state index is 0.365. The largest absolute Gasteiger partial charge is 0.491 e. The van der Waals surface area contributed by atoms with Crippen molar-refractivity contribution in [2.75, 3.05) is 25.6 Å². The van der Waals surface area contributed by atoms with Crippen LogP contribution in [0.2, 0.25) is 4.34 Å². The predicted octanol–water partition coefficient (Wildman–Crippen LogP) is 4.53. The van der Waals surface area contributed by atoms with Gasteiger partial charge in [0.15, 0.2) is 0 Å². The number of halogens is 1. The molecule has 1 aliphatic carbocycles. The Bertz CT molecular complexity index is 597. The lowest BCUT2D eigenvalue weighted by atomic mass is 10.1. The second kappa shape index (κ2) is 6.69. The predicted molar refractivity (Wildman–Crippen MR) is 87.8 cm³/mol. The molecule has 1 atom stereocenters. The van der Waals surface area contributed by atoms with Gasteiger partial charge in [-0.25, -0.2) is 0 Å². The van der Waals surface area contributed by atoms with Crippen molar-refractivity contribution in [2.24, 2.45) is 0 Å². The van der Waals surface area contributed by atoms with Gasteiger partial charge in [-0.2, -0.15) is 0 Å². The molecule has 0 fully saturated rings. The van der Waals surface area contributed by atoms with Crippen LogP contribution in [0, 0.1) is 0 Å². The Balaban J connectivity index is 1.61. The summed E-state index contributed by atoms with van der Waals surface area (Å²) in [5, 5.41) is 3.57. The van der Waals surface area contributed by atoms with Crippen molar-refractivity contribution >= 4 is 28.6 Å². The van der Waals surface area contributed by atoms with E-state index in [1.807, 2.05) is 24.3 Å². The van der Waals surface area contributed by atoms with Gasteiger partial charge in [0.25, 0.3) is 0 Å². The zero-order valence-corrected chi connectivity index (χ0v) is 13.5. The van der Waals surface area contributed by atoms with Crippen molar-refractivity contribution in [2.45, 2.75) is 18.9 Å². The molecule has 2 aromatic rings. The first kappa shape index (κ1) is 14.7. The molecule has 1 aliphatic rings. The summed E-state index contributed by atoms with van der Waals surface area (Å²) in [7, 11) is 1.67. The molecule has 0 spiro atoms. The van der Waals surface area contributed by atoms with Gasteiger partial charge < -0.3 is 14.8 Å². The van der Waals surface area contributed by atoms with E-state index in [-0.39, 0.29) is 0 Å². The highest BCUT2D eigenvalue weighted by molar-refractivity contribution is 7.16. The average Bonchev–Trinajstić information content (AvgIpc) is 3.02. The Morgan fingerprint density at radius 3 is 2.86 bits per heavy atom. The fraction of sp³-hybridized carbons (Fsp3) is 0.375. The van der Waals surface area contributed by atoms with Crippen LogP contribution in [-0.4, -0.2) is 20.3 Å². The second-order valence-corrected chi connectivity index (χ2v) is 6.80. The Morgan fingerprint density at radius 2 is 2.10 bits per heavy atom. The van der Waals surface area contributed by atoms with Crippen LogP contribution in [0.15, 0.2) is 30.3 Å². The maximum Gasteiger partial charge on any atom is 0.119 e. The smallest absolute Gasteiger partial charge is 0.119 e. The lowest BCUT2D eigenvalue weighted by Gasteiger charge is -2.15. The molecule has 0 bridgehead atoms. The molecule has 1 aromatic heterocycles. The second-order valence-electron chi connectivity index (χ2n) is 5.03. The van der Waals surface area contributed by atoms with Crippen molar-refractivity contribution in [3.8, 4) is 5.75 Å². The third-order valence-corrected chi connectivity index (χ3v) is 4.94. The van der Waals surface area contributed by atoms with Gasteiger partial charge in [0.2, 0.25) is 0 Å². The van der Waals surface area contributed by atoms with Crippen LogP contribution in [0.25, 0.3) is 0 Å². The maximum absolute atomic E-state index is 6.09. The van der Waals surface area contributed by atoms with Gasteiger partial charge in [-0.1, -0.05) is 11.6 Å². The van der Waals surface area contributed by atoms with Crippen molar-refractivity contribution in [3.63, 3.8) is 0 Å². The van der Waals surface area contributed by atoms with Crippen LogP contribution in [0.3, 0.4) is 0 Å². The number of rotatable bonds is 6. The van der Waals surface area contributed by atoms with Gasteiger partial charge in [0.05, 0.1) is 17.0 Å². The lowest BCUT2D eigenvalue weighted by Crippen LogP contribution is -2.07. The molecule has 3 rings (SSSR count). The number of aryl methyl sites for hydroxylation is 1. The summed E-state index contributed by atoms with van der Waals surface area (Å²) in [6.07, 6.45) is 2.24. The Morgan fingerprint density at radius 1 is 1.29 bits per heavy atom. The average molecular weight is 324 g/mol. The molecule has 0 aliphatic heterocycles. The molecule has 112 valence electrons. The van der Waals surface area contributed by atoms with Crippen molar-refractivity contribution in [1.82, 2.24) is 0 Å². The molecule has 0 saturated carbocycles. The number of hydrogen-bond acceptors (Lipinski definition) is 4. The van der Waals surface area contributed by atoms with E-state index < -0.39 is 0 Å². The zero-order chi connectivity index (χ0) is 14.7. The monoisotopic (exact) mass is 323 g/mol. The van der Waals surface area contributed by atoms with E-state index in [2.05, 4.69) is 11.4 Å². The Kier molecular flexibility index (Phi) is 4.68. The number of ether oxygens (including phenoxy) is 2. The fourth-order valence-electron chi connectivity index (χ4n) is 2.57. The summed E-state index contributed by atoms with van der Waals surface area (Å²) in [4.78, 5) is 1.41. The van der Waals surface area contributed by atoms with E-state index in [0.717, 1.165) is 28.6 Å². The number of hydrogen-bond donors (Lipinski definition) is 1. The molecule has 3 nitrogen and oxygen atoms in total. The number of methoxy groups -OCH3 is 1. The highest BCUT2D eigenvalue weighted by Crippen LogP contribution is 2.40. The summed E-state index contributed by atoms with van der Waals surface area (Å²) in [5.74, 6) is 0.864. The number of fused-ring (bicyclic) bond motifs is 1. The van der Waals surface area contributed by atoms with Gasteiger partial charge >= 0.3 is 0 Å². The molecular formula is C16H18ClNO2S. The normalized spacial score (nSPS) is 16.8. The van der Waals surface area contributed by atoms with Gasteiger partial charge in [-0.05, 0) is 48.7 Å². The molecule has 0 amide bonds. The van der Waals surface area contributed by atoms with E-state index in [9.17, 15) is 0 Å². The summed E-state index contributed by atoms with van der Waals surface area (Å²) >= 11 is 7.79. The fourth-order valence-corrected chi connectivity index (χ4v) is 3.93. The highest BCUT2D eigenvalue weighted by atomic mass is 35.5. The molecule has 21 heavy (non-hydrogen) atoms. The van der Waals surface area contributed by atoms with Gasteiger partial charge in [-0.3, -0.25) is 0 Å². The molecule has 5 heteroatoms. The number of nitrogens with one attached hydrogen (secondary N) is 1. The zero-order valence-electron chi connectivity index (χ0n) is 11.9. The van der Waals surface area contributed by atoms with Gasteiger partial charge in [-0.15, -0.1) is 11.3 Å². The Labute approximate surface area is 133 Å². The first-order valence-electron chi connectivity index (χ1n) is 7.02. The molecule has 0 radical (unpaired) electrons. The van der Waals surface area contributed by atoms with Crippen molar-refractivity contribution in [1.29, 1.82) is 0 Å². The third kappa shape index (κ3) is 3.51. The van der Waals surface area contributed by atoms with E-state index in [0.29, 0.717) is 19.3 Å². The molecule has 1 aromatic carbocycles. The maximum atomic E-state index is 6.09. The van der Waals surface area contributed by atoms with E-state index in [1.165, 1.54) is 10.4 Å². The van der Waals surface area contributed by atoms with Crippen LogP contribution < -0.4 is 10.1 Å². The van der Waals surface area contributed by atoms with Crippen LogP contribution in [0.4, 0.5) is 5.69 Å². The number of benzene rings is 1. The summed E-state index contributed by atoms with van der Waals surface area (Å²) in [6.45, 7) is 1.17. The van der Waals surface area contributed by atoms with Crippen LogP contribution in [-0.2, 0) is 11.2 Å². The van der Waals surface area contributed by atoms with Crippen LogP contribution in [0.1, 0.15) is 22.9 Å². The molecule has 1 heterocycles. The van der Waals surface area contributed by atoms with E-state index in [4.69, 9.17) is 21.1 Å². The quantitative estimate of drug-likeness (QED) is 0.792. The lowest BCUT2D eigenvalue weighted by molar-refractivity contribution is 0.146. The third-order valence-electron chi connectivity index (χ3n) is 3.60. The van der Waals surface area contributed by atoms with E-state index >= 15 is 0 Å². The summed E-state index contributed by atoms with van der Waals surface area (Å²) in [6, 6.07) is 10.5. The minimum Gasteiger partial charge on any atom is -0.491 e. The van der Waals surface area contributed by atoms with Crippen molar-refractivity contribution < 1.29 is 9.47 Å². The summed E-state index contributed by atoms with van der Waals surface area (Å²) < 4.78 is 11.4. The molecular weight excluding hydrogens is 306 g/mol. The van der Waals surface area contributed by atoms with Crippen LogP contribution in [0.5, 0.6) is 5.75 Å². The standard InChI is InChI=1S/C16H18ClNO2S/c1-19-8-9-20-12-4-2-11(3-5-12)18-14-6-7-15-13(14)10-16(17)21-15/h2-5,10,14,18H,6-9H2,1H3. The number of thiophene rings is 1. The number of anilines is 1. The van der Waals surface area contributed by atoms with E-state index in [1.54, 1.807) is 18.4 Å². The minimum atomic E-state index is 0.365. The topological polar surface area (TPSA) is 30.5 Å². The van der Waals surface area contributed by atoms with Crippen LogP contribution >= 0.6 is 22.9 Å². The SMILES string of the molecule is COCCOc1ccc(NC2CCc3sc(Cl)cc32)cc1. The molecule has 1 N–H and O–H groups in total. The Hall–Kier alpha value is -1.23. The van der Waals surface area contributed by atoms with Gasteiger partial charge in [0, 0.05) is 17.7 Å².